The van der Waals surface area contributed by atoms with E-state index in [1.54, 1.807) is 38.1 Å². The summed E-state index contributed by atoms with van der Waals surface area (Å²) in [7, 11) is -0.386. The second-order valence-corrected chi connectivity index (χ2v) is 22.1. The Morgan fingerprint density at radius 1 is 1.00 bits per heavy atom. The summed E-state index contributed by atoms with van der Waals surface area (Å²) in [6.07, 6.45) is 6.20. The number of rotatable bonds is 12. The molecule has 2 amide bonds. The van der Waals surface area contributed by atoms with Crippen LogP contribution in [0.5, 0.6) is 11.5 Å². The van der Waals surface area contributed by atoms with Gasteiger partial charge in [0.1, 0.15) is 12.1 Å². The van der Waals surface area contributed by atoms with Crippen molar-refractivity contribution in [1.29, 1.82) is 0 Å². The third-order valence-electron chi connectivity index (χ3n) is 10.4. The van der Waals surface area contributed by atoms with Crippen molar-refractivity contribution < 1.29 is 42.9 Å². The number of benzene rings is 2. The largest absolute Gasteiger partial charge is 0.504 e. The van der Waals surface area contributed by atoms with Crippen molar-refractivity contribution in [2.45, 2.75) is 117 Å². The summed E-state index contributed by atoms with van der Waals surface area (Å²) in [6, 6.07) is 12.0. The van der Waals surface area contributed by atoms with Gasteiger partial charge in [0.15, 0.2) is 25.9 Å². The molecular formula is C44H64N2O9Si. The first-order valence-electron chi connectivity index (χ1n) is 19.5. The number of amides is 2. The molecule has 3 rings (SSSR count). The zero-order chi connectivity index (χ0) is 41.8. The molecule has 12 heteroatoms. The van der Waals surface area contributed by atoms with Crippen LogP contribution in [-0.4, -0.2) is 75.7 Å². The highest BCUT2D eigenvalue weighted by molar-refractivity contribution is 6.74. The molecule has 308 valence electrons. The molecule has 3 N–H and O–H groups in total. The first-order chi connectivity index (χ1) is 26.1. The Morgan fingerprint density at radius 3 is 2.27 bits per heavy atom. The minimum Gasteiger partial charge on any atom is -0.504 e. The topological polar surface area (TPSA) is 149 Å². The van der Waals surface area contributed by atoms with Crippen molar-refractivity contribution in [3.8, 4) is 11.5 Å². The lowest BCUT2D eigenvalue weighted by Gasteiger charge is -2.36. The highest BCUT2D eigenvalue weighted by Gasteiger charge is 2.38. The van der Waals surface area contributed by atoms with E-state index < -0.39 is 55.7 Å². The lowest BCUT2D eigenvalue weighted by atomic mass is 9.93. The summed E-state index contributed by atoms with van der Waals surface area (Å²) >= 11 is 0. The van der Waals surface area contributed by atoms with Gasteiger partial charge in [0.2, 0.25) is 11.8 Å². The van der Waals surface area contributed by atoms with Crippen LogP contribution in [0.1, 0.15) is 84.9 Å². The van der Waals surface area contributed by atoms with E-state index in [2.05, 4.69) is 56.6 Å². The fraction of sp³-hybridized carbons (Fsp3) is 0.545. The van der Waals surface area contributed by atoms with Crippen molar-refractivity contribution in [1.82, 2.24) is 10.6 Å². The normalized spacial score (nSPS) is 21.0. The summed E-state index contributed by atoms with van der Waals surface area (Å²) < 4.78 is 23.3. The Bertz CT molecular complexity index is 1710. The molecule has 1 unspecified atom stereocenters. The number of cyclic esters (lactones) is 2. The fourth-order valence-corrected chi connectivity index (χ4v) is 6.67. The number of nitrogens with one attached hydrogen (secondary N) is 2. The van der Waals surface area contributed by atoms with E-state index in [1.807, 2.05) is 45.1 Å². The smallest absolute Gasteiger partial charge is 0.348 e. The van der Waals surface area contributed by atoms with Gasteiger partial charge in [-0.15, -0.1) is 0 Å². The minimum absolute atomic E-state index is 0.00325. The van der Waals surface area contributed by atoms with Gasteiger partial charge in [-0.2, -0.15) is 0 Å². The predicted molar refractivity (Wildman–Crippen MR) is 222 cm³/mol. The van der Waals surface area contributed by atoms with Gasteiger partial charge in [-0.1, -0.05) is 90.1 Å². The molecule has 1 heterocycles. The predicted octanol–water partition coefficient (Wildman–Crippen LogP) is 7.31. The van der Waals surface area contributed by atoms with Crippen molar-refractivity contribution in [3.05, 3.63) is 77.4 Å². The van der Waals surface area contributed by atoms with Crippen LogP contribution in [0.15, 0.2) is 60.7 Å². The first-order valence-corrected chi connectivity index (χ1v) is 22.4. The van der Waals surface area contributed by atoms with Crippen molar-refractivity contribution in [2.75, 3.05) is 20.3 Å². The third kappa shape index (κ3) is 13.9. The van der Waals surface area contributed by atoms with Crippen LogP contribution in [-0.2, 0) is 45.9 Å². The van der Waals surface area contributed by atoms with E-state index in [-0.39, 0.29) is 54.2 Å². The number of esters is 2. The summed E-state index contributed by atoms with van der Waals surface area (Å²) in [5.41, 5.74) is 1.51. The molecular weight excluding hydrogens is 729 g/mol. The molecule has 0 radical (unpaired) electrons. The molecule has 0 fully saturated rings. The molecule has 0 saturated heterocycles. The van der Waals surface area contributed by atoms with Crippen molar-refractivity contribution in [3.63, 3.8) is 0 Å². The van der Waals surface area contributed by atoms with Gasteiger partial charge in [0, 0.05) is 31.9 Å². The average Bonchev–Trinajstić information content (AvgIpc) is 3.11. The van der Waals surface area contributed by atoms with Crippen LogP contribution in [0.4, 0.5) is 0 Å². The second-order valence-electron chi connectivity index (χ2n) is 17.3. The number of hydrogen-bond acceptors (Lipinski definition) is 9. The van der Waals surface area contributed by atoms with Gasteiger partial charge in [-0.3, -0.25) is 14.4 Å². The van der Waals surface area contributed by atoms with E-state index >= 15 is 0 Å². The van der Waals surface area contributed by atoms with Gasteiger partial charge in [-0.05, 0) is 85.6 Å². The maximum Gasteiger partial charge on any atom is 0.348 e. The zero-order valence-electron chi connectivity index (χ0n) is 35.2. The van der Waals surface area contributed by atoms with E-state index in [1.165, 1.54) is 18.7 Å². The zero-order valence-corrected chi connectivity index (χ0v) is 36.2. The van der Waals surface area contributed by atoms with E-state index in [9.17, 15) is 24.3 Å². The Labute approximate surface area is 334 Å². The molecule has 0 saturated carbocycles. The first kappa shape index (κ1) is 46.0. The van der Waals surface area contributed by atoms with Crippen LogP contribution < -0.4 is 15.4 Å². The summed E-state index contributed by atoms with van der Waals surface area (Å²) in [5.74, 6) is -2.48. The second kappa shape index (κ2) is 20.1. The number of ether oxygens (including phenoxy) is 3. The fourth-order valence-electron chi connectivity index (χ4n) is 5.62. The van der Waals surface area contributed by atoms with Gasteiger partial charge in [0.05, 0.1) is 12.5 Å². The van der Waals surface area contributed by atoms with Gasteiger partial charge >= 0.3 is 11.9 Å². The molecule has 56 heavy (non-hydrogen) atoms. The molecule has 1 aliphatic heterocycles. The van der Waals surface area contributed by atoms with Gasteiger partial charge < -0.3 is 34.4 Å². The number of hydrogen-bond donors (Lipinski definition) is 3. The SMILES string of the molecule is COc1ccc(CC2NC(=O)CC=C[C@@H]([C@H](C)C=Cc3ccc(CCO[Si](C)(C)C(C)(C)C)cc3)OC(=O)[C@H](CC(C)C)OC(=O)C(C)(C)CNC2=O)cc1O. The van der Waals surface area contributed by atoms with E-state index in [4.69, 9.17) is 18.6 Å². The van der Waals surface area contributed by atoms with Gasteiger partial charge in [-0.25, -0.2) is 4.79 Å². The summed E-state index contributed by atoms with van der Waals surface area (Å²) in [4.78, 5) is 54.0. The number of aromatic hydroxyl groups is 1. The molecule has 2 aromatic rings. The highest BCUT2D eigenvalue weighted by atomic mass is 28.4. The van der Waals surface area contributed by atoms with Crippen LogP contribution in [0.2, 0.25) is 18.1 Å². The molecule has 4 atom stereocenters. The van der Waals surface area contributed by atoms with Crippen molar-refractivity contribution >= 4 is 38.1 Å². The molecule has 0 bridgehead atoms. The minimum atomic E-state index is -1.82. The Hall–Kier alpha value is -4.42. The Morgan fingerprint density at radius 2 is 1.66 bits per heavy atom. The quantitative estimate of drug-likeness (QED) is 0.114. The molecule has 2 aromatic carbocycles. The number of methoxy groups -OCH3 is 1. The lowest BCUT2D eigenvalue weighted by molar-refractivity contribution is -0.177. The number of carbonyl (C=O) groups is 4. The number of phenols is 1. The van der Waals surface area contributed by atoms with Crippen LogP contribution in [0, 0.1) is 17.3 Å². The van der Waals surface area contributed by atoms with Crippen molar-refractivity contribution in [2.24, 2.45) is 17.3 Å². The molecule has 0 aliphatic carbocycles. The van der Waals surface area contributed by atoms with Crippen LogP contribution >= 0.6 is 0 Å². The average molecular weight is 793 g/mol. The standard InChI is InChI=1S/C44H64N2O9Si/c1-29(2)25-38-41(50)54-36(30(3)15-16-31-17-19-32(20-18-31)23-24-53-56(10,11)43(4,5)6)13-12-14-39(48)46-34(26-33-21-22-37(52-9)35(47)27-33)40(49)45-28-44(7,8)42(51)55-38/h12-13,15-22,27,29-30,34,36,38,47H,14,23-26,28H2,1-11H3,(H,45,49)(H,46,48)/t30-,34?,36+,38+/m1/s1. The molecule has 0 spiro atoms. The third-order valence-corrected chi connectivity index (χ3v) is 15.0. The maximum absolute atomic E-state index is 13.7. The summed E-state index contributed by atoms with van der Waals surface area (Å²) in [6.45, 7) is 20.7. The van der Waals surface area contributed by atoms with Crippen LogP contribution in [0.3, 0.4) is 0 Å². The maximum atomic E-state index is 13.7. The molecule has 1 aliphatic rings. The highest BCUT2D eigenvalue weighted by Crippen LogP contribution is 2.36. The monoisotopic (exact) mass is 792 g/mol. The van der Waals surface area contributed by atoms with Gasteiger partial charge in [0.25, 0.3) is 0 Å². The number of phenolic OH excluding ortho intramolecular Hbond substituents is 1. The Balaban J connectivity index is 1.85. The van der Waals surface area contributed by atoms with E-state index in [0.29, 0.717) is 12.2 Å². The molecule has 0 aromatic heterocycles. The Kier molecular flexibility index (Phi) is 16.5. The molecule has 11 nitrogen and oxygen atoms in total. The van der Waals surface area contributed by atoms with E-state index in [0.717, 1.165) is 12.0 Å². The number of carbonyl (C=O) groups excluding carboxylic acids is 4. The summed E-state index contributed by atoms with van der Waals surface area (Å²) in [5, 5.41) is 16.0. The van der Waals surface area contributed by atoms with Crippen LogP contribution in [0.25, 0.3) is 6.08 Å². The lowest BCUT2D eigenvalue weighted by Crippen LogP contribution is -2.51.